The Kier molecular flexibility index (Phi) is 4.69. The fourth-order valence-electron chi connectivity index (χ4n) is 2.71. The highest BCUT2D eigenvalue weighted by molar-refractivity contribution is 7.13. The molecular weight excluding hydrogens is 302 g/mol. The fraction of sp³-hybridized carbons (Fsp3) is 0.500. The van der Waals surface area contributed by atoms with Gasteiger partial charge in [-0.15, -0.1) is 11.3 Å². The van der Waals surface area contributed by atoms with Crippen LogP contribution in [0.4, 0.5) is 9.93 Å². The van der Waals surface area contributed by atoms with Gasteiger partial charge in [0.25, 0.3) is 0 Å². The number of H-pyrrole nitrogens is 1. The van der Waals surface area contributed by atoms with Crippen LogP contribution in [0.5, 0.6) is 0 Å². The molecule has 1 aliphatic rings. The number of hydrogen-bond acceptors (Lipinski definition) is 5. The molecule has 3 rings (SSSR count). The van der Waals surface area contributed by atoms with Crippen molar-refractivity contribution in [2.24, 2.45) is 0 Å². The van der Waals surface area contributed by atoms with Crippen LogP contribution < -0.4 is 5.32 Å². The number of anilines is 1. The number of thiazole rings is 1. The summed E-state index contributed by atoms with van der Waals surface area (Å²) in [5.41, 5.74) is 1.88. The molecule has 8 heteroatoms. The number of carbonyl (C=O) groups excluding carboxylic acids is 1. The molecule has 2 N–H and O–H groups in total. The van der Waals surface area contributed by atoms with E-state index in [-0.39, 0.29) is 12.1 Å². The van der Waals surface area contributed by atoms with Gasteiger partial charge in [0.05, 0.1) is 24.5 Å². The second-order valence-corrected chi connectivity index (χ2v) is 6.10. The van der Waals surface area contributed by atoms with Crippen molar-refractivity contribution in [3.63, 3.8) is 0 Å². The summed E-state index contributed by atoms with van der Waals surface area (Å²) in [6.45, 7) is 1.20. The lowest BCUT2D eigenvalue weighted by Gasteiger charge is -2.34. The molecule has 0 bridgehead atoms. The number of piperidine rings is 1. The number of rotatable bonds is 4. The van der Waals surface area contributed by atoms with Crippen LogP contribution in [0.3, 0.4) is 0 Å². The van der Waals surface area contributed by atoms with Crippen molar-refractivity contribution in [3.8, 4) is 0 Å². The number of carbonyl (C=O) groups is 1. The number of aromatic nitrogens is 3. The molecule has 7 nitrogen and oxygen atoms in total. The Morgan fingerprint density at radius 1 is 1.59 bits per heavy atom. The predicted octanol–water partition coefficient (Wildman–Crippen LogP) is 2.77. The van der Waals surface area contributed by atoms with Gasteiger partial charge in [0.1, 0.15) is 0 Å². The number of methoxy groups -OCH3 is 1. The zero-order valence-corrected chi connectivity index (χ0v) is 13.2. The quantitative estimate of drug-likeness (QED) is 0.907. The summed E-state index contributed by atoms with van der Waals surface area (Å²) < 4.78 is 5.04. The first-order valence-corrected chi connectivity index (χ1v) is 8.15. The van der Waals surface area contributed by atoms with Crippen molar-refractivity contribution in [1.82, 2.24) is 20.1 Å². The van der Waals surface area contributed by atoms with Crippen LogP contribution in [0.2, 0.25) is 0 Å². The monoisotopic (exact) mass is 321 g/mol. The van der Waals surface area contributed by atoms with Crippen LogP contribution in [-0.2, 0) is 11.3 Å². The van der Waals surface area contributed by atoms with Gasteiger partial charge >= 0.3 is 6.03 Å². The maximum Gasteiger partial charge on any atom is 0.324 e. The molecule has 0 aliphatic carbocycles. The Bertz CT molecular complexity index is 613. The van der Waals surface area contributed by atoms with Crippen LogP contribution in [0.25, 0.3) is 0 Å². The highest BCUT2D eigenvalue weighted by Gasteiger charge is 2.29. The molecule has 1 atom stereocenters. The highest BCUT2D eigenvalue weighted by Crippen LogP contribution is 2.31. The summed E-state index contributed by atoms with van der Waals surface area (Å²) >= 11 is 1.41. The largest absolute Gasteiger partial charge is 0.378 e. The first kappa shape index (κ1) is 15.0. The van der Waals surface area contributed by atoms with Gasteiger partial charge in [-0.3, -0.25) is 10.4 Å². The third-order valence-corrected chi connectivity index (χ3v) is 4.53. The van der Waals surface area contributed by atoms with Gasteiger partial charge in [-0.05, 0) is 19.3 Å². The van der Waals surface area contributed by atoms with Crippen molar-refractivity contribution in [2.45, 2.75) is 31.9 Å². The van der Waals surface area contributed by atoms with E-state index in [9.17, 15) is 4.79 Å². The topological polar surface area (TPSA) is 83.1 Å². The lowest BCUT2D eigenvalue weighted by atomic mass is 9.98. The van der Waals surface area contributed by atoms with Crippen molar-refractivity contribution < 1.29 is 9.53 Å². The van der Waals surface area contributed by atoms with Gasteiger partial charge in [-0.1, -0.05) is 0 Å². The van der Waals surface area contributed by atoms with E-state index in [0.717, 1.165) is 37.1 Å². The normalized spacial score (nSPS) is 18.4. The number of hydrogen-bond donors (Lipinski definition) is 2. The van der Waals surface area contributed by atoms with Crippen LogP contribution in [0, 0.1) is 0 Å². The lowest BCUT2D eigenvalue weighted by molar-refractivity contribution is 0.163. The second kappa shape index (κ2) is 6.89. The molecule has 1 fully saturated rings. The molecule has 0 saturated carbocycles. The zero-order chi connectivity index (χ0) is 15.4. The fourth-order valence-corrected chi connectivity index (χ4v) is 3.39. The van der Waals surface area contributed by atoms with Gasteiger partial charge in [0.15, 0.2) is 5.13 Å². The van der Waals surface area contributed by atoms with Gasteiger partial charge in [-0.2, -0.15) is 5.10 Å². The predicted molar refractivity (Wildman–Crippen MR) is 83.7 cm³/mol. The summed E-state index contributed by atoms with van der Waals surface area (Å²) in [4.78, 5) is 18.8. The van der Waals surface area contributed by atoms with E-state index in [1.807, 2.05) is 16.5 Å². The number of nitrogens with one attached hydrogen (secondary N) is 2. The average Bonchev–Trinajstić information content (AvgIpc) is 3.19. The van der Waals surface area contributed by atoms with Crippen molar-refractivity contribution in [3.05, 3.63) is 29.0 Å². The number of aromatic amines is 1. The molecule has 3 heterocycles. The third-order valence-electron chi connectivity index (χ3n) is 3.73. The maximum atomic E-state index is 12.6. The Hall–Kier alpha value is -1.93. The summed E-state index contributed by atoms with van der Waals surface area (Å²) in [5, 5.41) is 12.2. The molecule has 2 amide bonds. The van der Waals surface area contributed by atoms with E-state index in [1.54, 1.807) is 13.3 Å². The molecule has 1 aliphatic heterocycles. The van der Waals surface area contributed by atoms with Gasteiger partial charge in [-0.25, -0.2) is 9.78 Å². The number of nitrogens with zero attached hydrogens (tertiary/aromatic N) is 3. The van der Waals surface area contributed by atoms with Crippen molar-refractivity contribution >= 4 is 22.5 Å². The molecule has 2 aromatic heterocycles. The Morgan fingerprint density at radius 3 is 3.27 bits per heavy atom. The summed E-state index contributed by atoms with van der Waals surface area (Å²) in [7, 11) is 1.63. The number of likely N-dealkylation sites (tertiary alicyclic amines) is 1. The Labute approximate surface area is 132 Å². The summed E-state index contributed by atoms with van der Waals surface area (Å²) in [5.74, 6) is 0. The first-order chi connectivity index (χ1) is 10.8. The highest BCUT2D eigenvalue weighted by atomic mass is 32.1. The standard InChI is InChI=1S/C14H19N5O2S/c1-21-8-11-9-22-13(17-11)18-14(20)19-5-3-2-4-12(19)10-6-15-16-7-10/h6-7,9,12H,2-5,8H2,1H3,(H,15,16)(H,17,18,20)/t12-/m0/s1. The molecular formula is C14H19N5O2S. The van der Waals surface area contributed by atoms with Gasteiger partial charge < -0.3 is 9.64 Å². The van der Waals surface area contributed by atoms with Gasteiger partial charge in [0, 0.05) is 30.8 Å². The average molecular weight is 321 g/mol. The van der Waals surface area contributed by atoms with Crippen LogP contribution in [-0.4, -0.2) is 39.8 Å². The molecule has 118 valence electrons. The zero-order valence-electron chi connectivity index (χ0n) is 12.4. The van der Waals surface area contributed by atoms with Crippen LogP contribution >= 0.6 is 11.3 Å². The van der Waals surface area contributed by atoms with Crippen LogP contribution in [0.1, 0.15) is 36.6 Å². The molecule has 22 heavy (non-hydrogen) atoms. The summed E-state index contributed by atoms with van der Waals surface area (Å²) in [6.07, 6.45) is 6.75. The third kappa shape index (κ3) is 3.28. The first-order valence-electron chi connectivity index (χ1n) is 7.27. The van der Waals surface area contributed by atoms with E-state index in [0.29, 0.717) is 11.7 Å². The van der Waals surface area contributed by atoms with Crippen molar-refractivity contribution in [1.29, 1.82) is 0 Å². The molecule has 0 radical (unpaired) electrons. The molecule has 0 unspecified atom stereocenters. The minimum atomic E-state index is -0.107. The van der Waals surface area contributed by atoms with Gasteiger partial charge in [0.2, 0.25) is 0 Å². The smallest absolute Gasteiger partial charge is 0.324 e. The number of urea groups is 1. The van der Waals surface area contributed by atoms with E-state index in [2.05, 4.69) is 20.5 Å². The van der Waals surface area contributed by atoms with Crippen LogP contribution in [0.15, 0.2) is 17.8 Å². The van der Waals surface area contributed by atoms with E-state index in [1.165, 1.54) is 11.3 Å². The van der Waals surface area contributed by atoms with E-state index < -0.39 is 0 Å². The lowest BCUT2D eigenvalue weighted by Crippen LogP contribution is -2.41. The number of ether oxygens (including phenoxy) is 1. The van der Waals surface area contributed by atoms with Crippen molar-refractivity contribution in [2.75, 3.05) is 19.0 Å². The molecule has 0 aromatic carbocycles. The molecule has 1 saturated heterocycles. The minimum Gasteiger partial charge on any atom is -0.378 e. The number of amides is 2. The minimum absolute atomic E-state index is 0.0749. The Morgan fingerprint density at radius 2 is 2.50 bits per heavy atom. The van der Waals surface area contributed by atoms with E-state index in [4.69, 9.17) is 4.74 Å². The summed E-state index contributed by atoms with van der Waals surface area (Å²) in [6, 6.07) is -0.0323. The van der Waals surface area contributed by atoms with E-state index >= 15 is 0 Å². The Balaban J connectivity index is 1.69. The molecule has 0 spiro atoms. The SMILES string of the molecule is COCc1csc(NC(=O)N2CCCC[C@H]2c2cn[nH]c2)n1. The maximum absolute atomic E-state index is 12.6. The second-order valence-electron chi connectivity index (χ2n) is 5.24. The molecule has 2 aromatic rings.